The van der Waals surface area contributed by atoms with Gasteiger partial charge in [-0.05, 0) is 63.0 Å². The standard InChI is InChI=1S/C18H28/c1-14(2)9-7-6-8-10-18-13-17(15(3)4)12-11-16(18)5/h7,9,13-14H,3,6,8,10-12H2,1-2,4-5H3. The Bertz CT molecular complexity index is 375. The minimum atomic E-state index is 0.676. The fraction of sp³-hybridized carbons (Fsp3) is 0.556. The molecule has 0 spiro atoms. The van der Waals surface area contributed by atoms with Crippen molar-refractivity contribution in [1.82, 2.24) is 0 Å². The van der Waals surface area contributed by atoms with Crippen molar-refractivity contribution in [2.75, 3.05) is 0 Å². The minimum Gasteiger partial charge on any atom is -0.0958 e. The van der Waals surface area contributed by atoms with Crippen molar-refractivity contribution in [1.29, 1.82) is 0 Å². The van der Waals surface area contributed by atoms with E-state index in [-0.39, 0.29) is 0 Å². The van der Waals surface area contributed by atoms with Crippen LogP contribution in [0.5, 0.6) is 0 Å². The Kier molecular flexibility index (Phi) is 6.18. The fourth-order valence-electron chi connectivity index (χ4n) is 2.29. The summed E-state index contributed by atoms with van der Waals surface area (Å²) in [5.74, 6) is 0.676. The summed E-state index contributed by atoms with van der Waals surface area (Å²) in [4.78, 5) is 0. The summed E-state index contributed by atoms with van der Waals surface area (Å²) in [6.45, 7) is 12.9. The topological polar surface area (TPSA) is 0 Å². The van der Waals surface area contributed by atoms with Crippen molar-refractivity contribution in [3.63, 3.8) is 0 Å². The molecule has 18 heavy (non-hydrogen) atoms. The third kappa shape index (κ3) is 5.08. The summed E-state index contributed by atoms with van der Waals surface area (Å²) < 4.78 is 0. The minimum absolute atomic E-state index is 0.676. The van der Waals surface area contributed by atoms with Gasteiger partial charge in [-0.25, -0.2) is 0 Å². The zero-order chi connectivity index (χ0) is 13.5. The molecule has 0 aromatic heterocycles. The highest BCUT2D eigenvalue weighted by Crippen LogP contribution is 2.29. The van der Waals surface area contributed by atoms with Gasteiger partial charge in [0.05, 0.1) is 0 Å². The maximum atomic E-state index is 4.07. The smallest absolute Gasteiger partial charge is 0.0239 e. The third-order valence-corrected chi connectivity index (χ3v) is 3.55. The average molecular weight is 244 g/mol. The lowest BCUT2D eigenvalue weighted by atomic mass is 9.88. The van der Waals surface area contributed by atoms with Gasteiger partial charge < -0.3 is 0 Å². The summed E-state index contributed by atoms with van der Waals surface area (Å²) in [5, 5.41) is 0. The summed E-state index contributed by atoms with van der Waals surface area (Å²) in [6, 6.07) is 0. The predicted octanol–water partition coefficient (Wildman–Crippen LogP) is 5.98. The predicted molar refractivity (Wildman–Crippen MR) is 82.7 cm³/mol. The van der Waals surface area contributed by atoms with Gasteiger partial charge in [0.25, 0.3) is 0 Å². The molecule has 0 heteroatoms. The van der Waals surface area contributed by atoms with Crippen molar-refractivity contribution >= 4 is 0 Å². The van der Waals surface area contributed by atoms with Crippen LogP contribution in [0.25, 0.3) is 0 Å². The number of allylic oxidation sites excluding steroid dienone is 7. The highest BCUT2D eigenvalue weighted by molar-refractivity contribution is 5.40. The molecule has 0 aromatic carbocycles. The van der Waals surface area contributed by atoms with E-state index >= 15 is 0 Å². The van der Waals surface area contributed by atoms with Crippen molar-refractivity contribution in [3.8, 4) is 0 Å². The molecule has 0 atom stereocenters. The second-order valence-corrected chi connectivity index (χ2v) is 5.82. The zero-order valence-corrected chi connectivity index (χ0v) is 12.6. The van der Waals surface area contributed by atoms with Crippen molar-refractivity contribution in [2.24, 2.45) is 5.92 Å². The molecule has 1 aliphatic carbocycles. The van der Waals surface area contributed by atoms with Crippen LogP contribution in [-0.2, 0) is 0 Å². The zero-order valence-electron chi connectivity index (χ0n) is 12.6. The lowest BCUT2D eigenvalue weighted by Gasteiger charge is -2.18. The molecule has 0 aromatic rings. The van der Waals surface area contributed by atoms with E-state index in [2.05, 4.69) is 52.5 Å². The second kappa shape index (κ2) is 7.41. The fourth-order valence-corrected chi connectivity index (χ4v) is 2.29. The van der Waals surface area contributed by atoms with Gasteiger partial charge in [0, 0.05) is 0 Å². The van der Waals surface area contributed by atoms with Crippen LogP contribution >= 0.6 is 0 Å². The van der Waals surface area contributed by atoms with E-state index in [0.29, 0.717) is 5.92 Å². The number of hydrogen-bond acceptors (Lipinski definition) is 0. The highest BCUT2D eigenvalue weighted by Gasteiger charge is 2.10. The molecular weight excluding hydrogens is 216 g/mol. The van der Waals surface area contributed by atoms with Gasteiger partial charge in [0.15, 0.2) is 0 Å². The Morgan fingerprint density at radius 2 is 2.11 bits per heavy atom. The SMILES string of the molecule is C=C(C)C1=CC(CCCC=CC(C)C)=C(C)CC1. The Morgan fingerprint density at radius 3 is 2.72 bits per heavy atom. The van der Waals surface area contributed by atoms with Crippen LogP contribution in [0.2, 0.25) is 0 Å². The van der Waals surface area contributed by atoms with Crippen LogP contribution in [0.3, 0.4) is 0 Å². The molecule has 0 nitrogen and oxygen atoms in total. The molecular formula is C18H28. The summed E-state index contributed by atoms with van der Waals surface area (Å²) >= 11 is 0. The molecule has 1 aliphatic rings. The highest BCUT2D eigenvalue weighted by atomic mass is 14.2. The number of hydrogen-bond donors (Lipinski definition) is 0. The Hall–Kier alpha value is -1.04. The number of unbranched alkanes of at least 4 members (excludes halogenated alkanes) is 1. The van der Waals surface area contributed by atoms with E-state index in [4.69, 9.17) is 0 Å². The Labute approximate surface area is 113 Å². The largest absolute Gasteiger partial charge is 0.0958 e. The molecule has 0 unspecified atom stereocenters. The first kappa shape index (κ1) is 15.0. The van der Waals surface area contributed by atoms with Crippen LogP contribution in [0, 0.1) is 5.92 Å². The van der Waals surface area contributed by atoms with Gasteiger partial charge in [0.2, 0.25) is 0 Å². The van der Waals surface area contributed by atoms with Crippen LogP contribution in [0.15, 0.2) is 47.1 Å². The van der Waals surface area contributed by atoms with E-state index in [0.717, 1.165) is 0 Å². The average Bonchev–Trinajstić information content (AvgIpc) is 2.30. The van der Waals surface area contributed by atoms with Crippen molar-refractivity contribution in [3.05, 3.63) is 47.1 Å². The second-order valence-electron chi connectivity index (χ2n) is 5.82. The first-order chi connectivity index (χ1) is 8.50. The van der Waals surface area contributed by atoms with E-state index in [9.17, 15) is 0 Å². The number of rotatable bonds is 6. The molecule has 0 N–H and O–H groups in total. The summed E-state index contributed by atoms with van der Waals surface area (Å²) in [7, 11) is 0. The van der Waals surface area contributed by atoms with Crippen LogP contribution in [0.4, 0.5) is 0 Å². The normalized spacial score (nSPS) is 16.6. The maximum Gasteiger partial charge on any atom is -0.0239 e. The summed E-state index contributed by atoms with van der Waals surface area (Å²) in [6.07, 6.45) is 13.1. The van der Waals surface area contributed by atoms with Gasteiger partial charge >= 0.3 is 0 Å². The Balaban J connectivity index is 2.48. The molecule has 0 radical (unpaired) electrons. The lowest BCUT2D eigenvalue weighted by Crippen LogP contribution is -1.98. The summed E-state index contributed by atoms with van der Waals surface area (Å²) in [5.41, 5.74) is 5.82. The quantitative estimate of drug-likeness (QED) is 0.398. The molecule has 0 fully saturated rings. The van der Waals surface area contributed by atoms with Crippen LogP contribution in [0.1, 0.15) is 59.8 Å². The van der Waals surface area contributed by atoms with Gasteiger partial charge in [-0.1, -0.05) is 49.8 Å². The first-order valence-electron chi connectivity index (χ1n) is 7.22. The van der Waals surface area contributed by atoms with Crippen molar-refractivity contribution < 1.29 is 0 Å². The van der Waals surface area contributed by atoms with Gasteiger partial charge in [-0.2, -0.15) is 0 Å². The molecule has 0 saturated heterocycles. The molecule has 0 aliphatic heterocycles. The van der Waals surface area contributed by atoms with E-state index < -0.39 is 0 Å². The van der Waals surface area contributed by atoms with Gasteiger partial charge in [0.1, 0.15) is 0 Å². The van der Waals surface area contributed by atoms with E-state index in [1.54, 1.807) is 11.1 Å². The lowest BCUT2D eigenvalue weighted by molar-refractivity contribution is 0.785. The molecule has 0 saturated carbocycles. The molecule has 0 heterocycles. The van der Waals surface area contributed by atoms with Gasteiger partial charge in [-0.15, -0.1) is 0 Å². The van der Waals surface area contributed by atoms with E-state index in [1.807, 2.05) is 0 Å². The van der Waals surface area contributed by atoms with E-state index in [1.165, 1.54) is 43.3 Å². The van der Waals surface area contributed by atoms with Crippen LogP contribution in [-0.4, -0.2) is 0 Å². The molecule has 100 valence electrons. The monoisotopic (exact) mass is 244 g/mol. The Morgan fingerprint density at radius 1 is 1.39 bits per heavy atom. The van der Waals surface area contributed by atoms with Crippen LogP contribution < -0.4 is 0 Å². The molecule has 0 bridgehead atoms. The maximum absolute atomic E-state index is 4.07. The molecule has 0 amide bonds. The van der Waals surface area contributed by atoms with Gasteiger partial charge in [-0.3, -0.25) is 0 Å². The first-order valence-corrected chi connectivity index (χ1v) is 7.22. The van der Waals surface area contributed by atoms with Crippen molar-refractivity contribution in [2.45, 2.75) is 59.8 Å². The third-order valence-electron chi connectivity index (χ3n) is 3.55. The molecule has 1 rings (SSSR count).